The van der Waals surface area contributed by atoms with Gasteiger partial charge in [-0.2, -0.15) is 0 Å². The highest BCUT2D eigenvalue weighted by Gasteiger charge is 2.11. The van der Waals surface area contributed by atoms with Crippen LogP contribution in [0, 0.1) is 0 Å². The molecule has 1 aliphatic rings. The summed E-state index contributed by atoms with van der Waals surface area (Å²) >= 11 is 0. The van der Waals surface area contributed by atoms with Crippen LogP contribution in [0.5, 0.6) is 5.75 Å². The number of nitrogens with zero attached hydrogens (tertiary/aromatic N) is 1. The van der Waals surface area contributed by atoms with Crippen LogP contribution in [-0.2, 0) is 4.74 Å². The van der Waals surface area contributed by atoms with Crippen molar-refractivity contribution in [2.45, 2.75) is 6.92 Å². The highest BCUT2D eigenvalue weighted by Crippen LogP contribution is 2.24. The summed E-state index contributed by atoms with van der Waals surface area (Å²) in [5, 5.41) is 0. The Morgan fingerprint density at radius 2 is 1.64 bits per heavy atom. The average molecular weight is 291 g/mol. The first-order valence-electron chi connectivity index (χ1n) is 7.10. The molecule has 0 aromatic heterocycles. The summed E-state index contributed by atoms with van der Waals surface area (Å²) in [5.74, 6) is 2.35. The Labute approximate surface area is 130 Å². The van der Waals surface area contributed by atoms with Gasteiger partial charge in [-0.25, -0.2) is 0 Å². The Bertz CT molecular complexity index is 741. The Morgan fingerprint density at radius 1 is 0.909 bits per heavy atom. The molecule has 0 unspecified atom stereocenters. The maximum Gasteiger partial charge on any atom is 0.136 e. The van der Waals surface area contributed by atoms with Crippen molar-refractivity contribution in [3.8, 4) is 5.75 Å². The molecule has 0 atom stereocenters. The standard InChI is InChI=1S/C19H17NO2/c1-14-13-20-18(15-6-4-3-5-7-15)12-19(22-14)16-8-10-17(21-2)11-9-16/h3-13H,1-2H3. The third-order valence-electron chi connectivity index (χ3n) is 3.37. The summed E-state index contributed by atoms with van der Waals surface area (Å²) in [5.41, 5.74) is 2.92. The summed E-state index contributed by atoms with van der Waals surface area (Å²) in [4.78, 5) is 4.51. The Morgan fingerprint density at radius 3 is 2.32 bits per heavy atom. The molecule has 1 aliphatic heterocycles. The quantitative estimate of drug-likeness (QED) is 0.838. The van der Waals surface area contributed by atoms with Gasteiger partial charge in [-0.3, -0.25) is 4.99 Å². The van der Waals surface area contributed by atoms with Crippen LogP contribution in [0.1, 0.15) is 18.1 Å². The van der Waals surface area contributed by atoms with Crippen molar-refractivity contribution in [3.63, 3.8) is 0 Å². The van der Waals surface area contributed by atoms with E-state index in [-0.39, 0.29) is 0 Å². The van der Waals surface area contributed by atoms with Crippen molar-refractivity contribution < 1.29 is 9.47 Å². The number of hydrogen-bond donors (Lipinski definition) is 0. The average Bonchev–Trinajstić information content (AvgIpc) is 2.78. The molecular formula is C19H17NO2. The van der Waals surface area contributed by atoms with Gasteiger partial charge in [-0.15, -0.1) is 0 Å². The third-order valence-corrected chi connectivity index (χ3v) is 3.37. The predicted octanol–water partition coefficient (Wildman–Crippen LogP) is 4.42. The molecule has 0 fully saturated rings. The molecule has 22 heavy (non-hydrogen) atoms. The van der Waals surface area contributed by atoms with E-state index in [0.717, 1.165) is 34.1 Å². The van der Waals surface area contributed by atoms with Crippen molar-refractivity contribution in [2.75, 3.05) is 7.11 Å². The predicted molar refractivity (Wildman–Crippen MR) is 88.8 cm³/mol. The van der Waals surface area contributed by atoms with E-state index in [2.05, 4.69) is 4.99 Å². The number of hydrogen-bond acceptors (Lipinski definition) is 3. The van der Waals surface area contributed by atoms with E-state index in [1.165, 1.54) is 0 Å². The van der Waals surface area contributed by atoms with E-state index in [1.54, 1.807) is 13.3 Å². The van der Waals surface area contributed by atoms with Crippen LogP contribution < -0.4 is 4.74 Å². The first kappa shape index (κ1) is 14.1. The number of allylic oxidation sites excluding steroid dienone is 2. The molecule has 2 aromatic rings. The zero-order valence-corrected chi connectivity index (χ0v) is 12.6. The molecule has 3 nitrogen and oxygen atoms in total. The second-order valence-electron chi connectivity index (χ2n) is 4.96. The van der Waals surface area contributed by atoms with E-state index < -0.39 is 0 Å². The van der Waals surface area contributed by atoms with Crippen molar-refractivity contribution in [1.82, 2.24) is 0 Å². The fourth-order valence-electron chi connectivity index (χ4n) is 2.22. The second-order valence-corrected chi connectivity index (χ2v) is 4.96. The smallest absolute Gasteiger partial charge is 0.136 e. The minimum atomic E-state index is 0.757. The van der Waals surface area contributed by atoms with E-state index in [0.29, 0.717) is 0 Å². The maximum atomic E-state index is 5.89. The maximum absolute atomic E-state index is 5.89. The van der Waals surface area contributed by atoms with Crippen LogP contribution in [0.3, 0.4) is 0 Å². The molecule has 2 aromatic carbocycles. The van der Waals surface area contributed by atoms with Gasteiger partial charge in [0.05, 0.1) is 19.0 Å². The van der Waals surface area contributed by atoms with E-state index in [1.807, 2.05) is 67.6 Å². The molecule has 0 saturated heterocycles. The monoisotopic (exact) mass is 291 g/mol. The summed E-state index contributed by atoms with van der Waals surface area (Å²) in [6.07, 6.45) is 3.71. The SMILES string of the molecule is COc1ccc(C2=CC(c3ccccc3)=NC=C(C)O2)cc1. The molecule has 0 spiro atoms. The summed E-state index contributed by atoms with van der Waals surface area (Å²) in [7, 11) is 1.66. The molecule has 0 aliphatic carbocycles. The van der Waals surface area contributed by atoms with Gasteiger partial charge in [-0.1, -0.05) is 30.3 Å². The summed E-state index contributed by atoms with van der Waals surface area (Å²) < 4.78 is 11.1. The fourth-order valence-corrected chi connectivity index (χ4v) is 2.22. The Balaban J connectivity index is 2.01. The van der Waals surface area contributed by atoms with Gasteiger partial charge in [0.1, 0.15) is 17.3 Å². The van der Waals surface area contributed by atoms with Crippen molar-refractivity contribution in [1.29, 1.82) is 0 Å². The van der Waals surface area contributed by atoms with Gasteiger partial charge in [-0.05, 0) is 31.2 Å². The molecule has 110 valence electrons. The lowest BCUT2D eigenvalue weighted by molar-refractivity contribution is 0.384. The molecule has 0 saturated carbocycles. The van der Waals surface area contributed by atoms with Crippen LogP contribution in [-0.4, -0.2) is 12.8 Å². The number of rotatable bonds is 3. The minimum absolute atomic E-state index is 0.757. The lowest BCUT2D eigenvalue weighted by Gasteiger charge is -2.10. The topological polar surface area (TPSA) is 30.8 Å². The number of methoxy groups -OCH3 is 1. The zero-order chi connectivity index (χ0) is 15.4. The third kappa shape index (κ3) is 3.09. The highest BCUT2D eigenvalue weighted by molar-refractivity contribution is 6.12. The van der Waals surface area contributed by atoms with Crippen molar-refractivity contribution >= 4 is 11.5 Å². The lowest BCUT2D eigenvalue weighted by atomic mass is 10.1. The Kier molecular flexibility index (Phi) is 4.05. The molecule has 0 amide bonds. The Hall–Kier alpha value is -2.81. The first-order valence-corrected chi connectivity index (χ1v) is 7.10. The lowest BCUT2D eigenvalue weighted by Crippen LogP contribution is -1.98. The second kappa shape index (κ2) is 6.31. The molecular weight excluding hydrogens is 274 g/mol. The number of benzene rings is 2. The van der Waals surface area contributed by atoms with Crippen molar-refractivity contribution in [2.24, 2.45) is 4.99 Å². The molecule has 0 bridgehead atoms. The minimum Gasteiger partial charge on any atom is -0.497 e. The van der Waals surface area contributed by atoms with Gasteiger partial charge >= 0.3 is 0 Å². The van der Waals surface area contributed by atoms with Gasteiger partial charge in [0.25, 0.3) is 0 Å². The zero-order valence-electron chi connectivity index (χ0n) is 12.6. The fraction of sp³-hybridized carbons (Fsp3) is 0.105. The number of ether oxygens (including phenoxy) is 2. The first-order chi connectivity index (χ1) is 10.8. The molecule has 0 N–H and O–H groups in total. The van der Waals surface area contributed by atoms with Crippen LogP contribution in [0.15, 0.2) is 77.6 Å². The van der Waals surface area contributed by atoms with Crippen LogP contribution in [0.4, 0.5) is 0 Å². The molecule has 1 heterocycles. The highest BCUT2D eigenvalue weighted by atomic mass is 16.5. The van der Waals surface area contributed by atoms with Gasteiger partial charge in [0.2, 0.25) is 0 Å². The summed E-state index contributed by atoms with van der Waals surface area (Å²) in [6.45, 7) is 1.90. The van der Waals surface area contributed by atoms with Crippen LogP contribution in [0.25, 0.3) is 5.76 Å². The van der Waals surface area contributed by atoms with Gasteiger partial charge in [0.15, 0.2) is 0 Å². The van der Waals surface area contributed by atoms with E-state index >= 15 is 0 Å². The van der Waals surface area contributed by atoms with Crippen LogP contribution in [0.2, 0.25) is 0 Å². The van der Waals surface area contributed by atoms with E-state index in [4.69, 9.17) is 9.47 Å². The molecule has 3 heteroatoms. The normalized spacial score (nSPS) is 14.2. The van der Waals surface area contributed by atoms with Crippen LogP contribution >= 0.6 is 0 Å². The van der Waals surface area contributed by atoms with Gasteiger partial charge in [0, 0.05) is 17.2 Å². The summed E-state index contributed by atoms with van der Waals surface area (Å²) in [6, 6.07) is 17.9. The largest absolute Gasteiger partial charge is 0.497 e. The van der Waals surface area contributed by atoms with Crippen molar-refractivity contribution in [3.05, 3.63) is 83.8 Å². The van der Waals surface area contributed by atoms with E-state index in [9.17, 15) is 0 Å². The molecule has 0 radical (unpaired) electrons. The van der Waals surface area contributed by atoms with Gasteiger partial charge < -0.3 is 9.47 Å². The molecule has 3 rings (SSSR count). The number of aliphatic imine (C=N–C) groups is 1.